The maximum atomic E-state index is 12.1. The van der Waals surface area contributed by atoms with E-state index in [0.717, 1.165) is 11.1 Å². The number of rotatable bonds is 3. The molecule has 2 aromatic rings. The van der Waals surface area contributed by atoms with Crippen molar-refractivity contribution in [2.24, 2.45) is 0 Å². The summed E-state index contributed by atoms with van der Waals surface area (Å²) in [5, 5.41) is 0. The Bertz CT molecular complexity index is 620. The van der Waals surface area contributed by atoms with Crippen LogP contribution in [-0.4, -0.2) is 39.4 Å². The molecular formula is C13H17ClN4O. The summed E-state index contributed by atoms with van der Waals surface area (Å²) in [6.07, 6.45) is 1.77. The van der Waals surface area contributed by atoms with Gasteiger partial charge in [0.15, 0.2) is 5.65 Å². The van der Waals surface area contributed by atoms with Crippen molar-refractivity contribution in [2.75, 3.05) is 14.1 Å². The molecule has 0 radical (unpaired) electrons. The summed E-state index contributed by atoms with van der Waals surface area (Å²) in [6, 6.07) is 1.57. The number of pyridine rings is 1. The minimum absolute atomic E-state index is 0.00644. The number of imidazole rings is 1. The molecular weight excluding hydrogens is 264 g/mol. The lowest BCUT2D eigenvalue weighted by molar-refractivity contribution is -0.131. The molecule has 1 atom stereocenters. The molecule has 1 unspecified atom stereocenters. The van der Waals surface area contributed by atoms with Crippen LogP contribution in [0.25, 0.3) is 11.2 Å². The van der Waals surface area contributed by atoms with E-state index in [-0.39, 0.29) is 17.8 Å². The fourth-order valence-electron chi connectivity index (χ4n) is 2.11. The summed E-state index contributed by atoms with van der Waals surface area (Å²) in [4.78, 5) is 22.5. The van der Waals surface area contributed by atoms with Crippen molar-refractivity contribution in [2.45, 2.75) is 25.8 Å². The topological polar surface area (TPSA) is 51.0 Å². The molecule has 2 aromatic heterocycles. The molecule has 0 saturated heterocycles. The van der Waals surface area contributed by atoms with Crippen LogP contribution in [0.2, 0.25) is 0 Å². The maximum absolute atomic E-state index is 12.1. The number of nitrogens with zero attached hydrogens (tertiary/aromatic N) is 4. The molecule has 1 amide bonds. The molecule has 0 fully saturated rings. The van der Waals surface area contributed by atoms with E-state index in [2.05, 4.69) is 9.97 Å². The third-order valence-corrected chi connectivity index (χ3v) is 3.28. The van der Waals surface area contributed by atoms with Crippen molar-refractivity contribution in [3.8, 4) is 0 Å². The Morgan fingerprint density at radius 3 is 2.79 bits per heavy atom. The molecule has 102 valence electrons. The predicted octanol–water partition coefficient (Wildman–Crippen LogP) is 2.13. The number of fused-ring (bicyclic) bond motifs is 1. The number of carbonyl (C=O) groups excluding carboxylic acids is 1. The largest absolute Gasteiger partial charge is 0.347 e. The van der Waals surface area contributed by atoms with Crippen LogP contribution >= 0.6 is 11.6 Å². The molecule has 0 saturated carbocycles. The summed E-state index contributed by atoms with van der Waals surface area (Å²) in [6.45, 7) is 3.79. The molecule has 0 aromatic carbocycles. The Kier molecular flexibility index (Phi) is 3.75. The average Bonchev–Trinajstić information content (AvgIpc) is 2.74. The molecule has 19 heavy (non-hydrogen) atoms. The van der Waals surface area contributed by atoms with Crippen molar-refractivity contribution < 1.29 is 4.79 Å². The third kappa shape index (κ3) is 2.42. The standard InChI is InChI=1S/C13H17ClN4O/c1-8-5-10-12(15-7-8)18(11(6-14)16-10)9(2)13(19)17(3)4/h5,7,9H,6H2,1-4H3. The average molecular weight is 281 g/mol. The lowest BCUT2D eigenvalue weighted by Gasteiger charge is -2.19. The van der Waals surface area contributed by atoms with Gasteiger partial charge >= 0.3 is 0 Å². The second kappa shape index (κ2) is 5.17. The Hall–Kier alpha value is -1.62. The highest BCUT2D eigenvalue weighted by Gasteiger charge is 2.23. The summed E-state index contributed by atoms with van der Waals surface area (Å²) in [7, 11) is 3.46. The zero-order valence-corrected chi connectivity index (χ0v) is 12.3. The van der Waals surface area contributed by atoms with Crippen molar-refractivity contribution >= 4 is 28.7 Å². The van der Waals surface area contributed by atoms with E-state index in [1.165, 1.54) is 0 Å². The number of aryl methyl sites for hydroxylation is 1. The summed E-state index contributed by atoms with van der Waals surface area (Å²) in [5.41, 5.74) is 2.50. The van der Waals surface area contributed by atoms with Crippen molar-refractivity contribution in [1.29, 1.82) is 0 Å². The van der Waals surface area contributed by atoms with E-state index in [0.29, 0.717) is 11.5 Å². The third-order valence-electron chi connectivity index (χ3n) is 3.04. The summed E-state index contributed by atoms with van der Waals surface area (Å²) in [5.74, 6) is 0.908. The highest BCUT2D eigenvalue weighted by molar-refractivity contribution is 6.16. The molecule has 0 bridgehead atoms. The minimum Gasteiger partial charge on any atom is -0.347 e. The summed E-state index contributed by atoms with van der Waals surface area (Å²) >= 11 is 5.94. The first-order valence-corrected chi connectivity index (χ1v) is 6.59. The molecule has 2 rings (SSSR count). The van der Waals surface area contributed by atoms with E-state index < -0.39 is 0 Å². The number of aromatic nitrogens is 3. The van der Waals surface area contributed by atoms with Gasteiger partial charge in [0.1, 0.15) is 17.4 Å². The Balaban J connectivity index is 2.60. The van der Waals surface area contributed by atoms with Gasteiger partial charge in [0, 0.05) is 20.3 Å². The first-order chi connectivity index (χ1) is 8.95. The van der Waals surface area contributed by atoms with Crippen LogP contribution < -0.4 is 0 Å². The first-order valence-electron chi connectivity index (χ1n) is 6.06. The van der Waals surface area contributed by atoms with Gasteiger partial charge in [-0.25, -0.2) is 9.97 Å². The first kappa shape index (κ1) is 13.8. The number of alkyl halides is 1. The smallest absolute Gasteiger partial charge is 0.244 e. The predicted molar refractivity (Wildman–Crippen MR) is 75.2 cm³/mol. The molecule has 5 nitrogen and oxygen atoms in total. The van der Waals surface area contributed by atoms with Gasteiger partial charge in [0.25, 0.3) is 0 Å². The highest BCUT2D eigenvalue weighted by atomic mass is 35.5. The minimum atomic E-state index is -0.371. The Morgan fingerprint density at radius 1 is 1.53 bits per heavy atom. The molecule has 0 aliphatic heterocycles. The van der Waals surface area contributed by atoms with E-state index in [1.54, 1.807) is 25.2 Å². The number of likely N-dealkylation sites (N-methyl/N-ethyl adjacent to an activating group) is 1. The van der Waals surface area contributed by atoms with Crippen molar-refractivity contribution in [3.05, 3.63) is 23.7 Å². The Morgan fingerprint density at radius 2 is 2.21 bits per heavy atom. The molecule has 0 spiro atoms. The van der Waals surface area contributed by atoms with Crippen molar-refractivity contribution in [1.82, 2.24) is 19.4 Å². The van der Waals surface area contributed by atoms with Crippen LogP contribution in [0, 0.1) is 6.92 Å². The number of halogens is 1. The van der Waals surface area contributed by atoms with Gasteiger partial charge in [0.2, 0.25) is 5.91 Å². The number of amides is 1. The number of hydrogen-bond donors (Lipinski definition) is 0. The monoisotopic (exact) mass is 280 g/mol. The van der Waals surface area contributed by atoms with E-state index in [9.17, 15) is 4.79 Å². The molecule has 6 heteroatoms. The molecule has 0 aliphatic carbocycles. The zero-order chi connectivity index (χ0) is 14.2. The van der Waals surface area contributed by atoms with Crippen LogP contribution in [0.15, 0.2) is 12.3 Å². The van der Waals surface area contributed by atoms with E-state index >= 15 is 0 Å². The fraction of sp³-hybridized carbons (Fsp3) is 0.462. The van der Waals surface area contributed by atoms with Gasteiger partial charge in [-0.05, 0) is 25.5 Å². The van der Waals surface area contributed by atoms with Crippen molar-refractivity contribution in [3.63, 3.8) is 0 Å². The van der Waals surface area contributed by atoms with Crippen LogP contribution in [0.5, 0.6) is 0 Å². The Labute approximate surface area is 117 Å². The second-order valence-corrected chi connectivity index (χ2v) is 5.06. The zero-order valence-electron chi connectivity index (χ0n) is 11.5. The lowest BCUT2D eigenvalue weighted by Crippen LogP contribution is -2.30. The van der Waals surface area contributed by atoms with Gasteiger partial charge in [-0.15, -0.1) is 11.6 Å². The number of carbonyl (C=O) groups is 1. The lowest BCUT2D eigenvalue weighted by atomic mass is 10.2. The van der Waals surface area contributed by atoms with Gasteiger partial charge in [-0.2, -0.15) is 0 Å². The van der Waals surface area contributed by atoms with E-state index in [1.807, 2.05) is 24.5 Å². The normalized spacial score (nSPS) is 12.7. The molecule has 2 heterocycles. The van der Waals surface area contributed by atoms with Gasteiger partial charge in [0.05, 0.1) is 5.88 Å². The quantitative estimate of drug-likeness (QED) is 0.810. The van der Waals surface area contributed by atoms with Crippen LogP contribution in [-0.2, 0) is 10.7 Å². The molecule has 0 N–H and O–H groups in total. The SMILES string of the molecule is Cc1cnc2c(c1)nc(CCl)n2C(C)C(=O)N(C)C. The van der Waals surface area contributed by atoms with E-state index in [4.69, 9.17) is 11.6 Å². The highest BCUT2D eigenvalue weighted by Crippen LogP contribution is 2.22. The number of hydrogen-bond acceptors (Lipinski definition) is 3. The fourth-order valence-corrected chi connectivity index (χ4v) is 2.30. The van der Waals surface area contributed by atoms with Gasteiger partial charge in [-0.1, -0.05) is 0 Å². The summed E-state index contributed by atoms with van der Waals surface area (Å²) < 4.78 is 1.81. The van der Waals surface area contributed by atoms with Crippen LogP contribution in [0.1, 0.15) is 24.4 Å². The molecule has 0 aliphatic rings. The van der Waals surface area contributed by atoms with Gasteiger partial charge < -0.3 is 4.90 Å². The maximum Gasteiger partial charge on any atom is 0.244 e. The van der Waals surface area contributed by atoms with Gasteiger partial charge in [-0.3, -0.25) is 9.36 Å². The van der Waals surface area contributed by atoms with Crippen LogP contribution in [0.4, 0.5) is 0 Å². The second-order valence-electron chi connectivity index (χ2n) is 4.80. The van der Waals surface area contributed by atoms with Crippen LogP contribution in [0.3, 0.4) is 0 Å².